The maximum absolute atomic E-state index is 12.3. The van der Waals surface area contributed by atoms with E-state index in [4.69, 9.17) is 14.6 Å². The molecule has 9 nitrogen and oxygen atoms in total. The van der Waals surface area contributed by atoms with Gasteiger partial charge in [0.1, 0.15) is 0 Å². The van der Waals surface area contributed by atoms with Crippen molar-refractivity contribution in [3.05, 3.63) is 60.0 Å². The first-order chi connectivity index (χ1) is 16.4. The van der Waals surface area contributed by atoms with Crippen LogP contribution in [0.3, 0.4) is 0 Å². The van der Waals surface area contributed by atoms with Crippen molar-refractivity contribution in [1.82, 2.24) is 4.98 Å². The monoisotopic (exact) mass is 499 g/mol. The SMILES string of the molecule is COc1ccc(-c2csc(NC(=O)CSc3ccc(NC(=O)/C=C/C(=O)O)cc3)n2)cc1OC. The predicted octanol–water partition coefficient (Wildman–Crippen LogP) is 4.14. The van der Waals surface area contributed by atoms with E-state index in [9.17, 15) is 14.4 Å². The lowest BCUT2D eigenvalue weighted by Gasteiger charge is -2.08. The Kier molecular flexibility index (Phi) is 8.66. The Morgan fingerprint density at radius 3 is 2.44 bits per heavy atom. The molecule has 0 aliphatic rings. The maximum Gasteiger partial charge on any atom is 0.328 e. The zero-order valence-corrected chi connectivity index (χ0v) is 19.9. The molecule has 3 N–H and O–H groups in total. The zero-order valence-electron chi connectivity index (χ0n) is 18.2. The summed E-state index contributed by atoms with van der Waals surface area (Å²) in [6.07, 6.45) is 1.70. The summed E-state index contributed by atoms with van der Waals surface area (Å²) >= 11 is 2.66. The van der Waals surface area contributed by atoms with Gasteiger partial charge in [0.05, 0.1) is 25.7 Å². The summed E-state index contributed by atoms with van der Waals surface area (Å²) in [4.78, 5) is 39.7. The Morgan fingerprint density at radius 1 is 1.03 bits per heavy atom. The van der Waals surface area contributed by atoms with Gasteiger partial charge in [0.2, 0.25) is 11.8 Å². The average Bonchev–Trinajstić information content (AvgIpc) is 3.30. The molecule has 0 aliphatic carbocycles. The number of thioether (sulfide) groups is 1. The van der Waals surface area contributed by atoms with Gasteiger partial charge in [0, 0.05) is 33.7 Å². The lowest BCUT2D eigenvalue weighted by Crippen LogP contribution is -2.13. The van der Waals surface area contributed by atoms with Crippen LogP contribution in [0.2, 0.25) is 0 Å². The van der Waals surface area contributed by atoms with Crippen LogP contribution in [-0.4, -0.2) is 47.8 Å². The van der Waals surface area contributed by atoms with Gasteiger partial charge < -0.3 is 25.2 Å². The van der Waals surface area contributed by atoms with E-state index >= 15 is 0 Å². The normalized spacial score (nSPS) is 10.6. The first-order valence-corrected chi connectivity index (χ1v) is 11.7. The van der Waals surface area contributed by atoms with E-state index in [1.54, 1.807) is 44.6 Å². The van der Waals surface area contributed by atoms with Gasteiger partial charge in [-0.2, -0.15) is 0 Å². The third kappa shape index (κ3) is 7.09. The number of nitrogens with zero attached hydrogens (tertiary/aromatic N) is 1. The van der Waals surface area contributed by atoms with E-state index in [1.165, 1.54) is 23.1 Å². The second kappa shape index (κ2) is 11.9. The highest BCUT2D eigenvalue weighted by molar-refractivity contribution is 8.00. The van der Waals surface area contributed by atoms with Gasteiger partial charge in [-0.1, -0.05) is 0 Å². The number of hydrogen-bond acceptors (Lipinski definition) is 8. The third-order valence-electron chi connectivity index (χ3n) is 4.30. The quantitative estimate of drug-likeness (QED) is 0.281. The minimum absolute atomic E-state index is 0.179. The van der Waals surface area contributed by atoms with Crippen LogP contribution in [-0.2, 0) is 14.4 Å². The third-order valence-corrected chi connectivity index (χ3v) is 6.07. The van der Waals surface area contributed by atoms with Crippen molar-refractivity contribution in [3.63, 3.8) is 0 Å². The standard InChI is InChI=1S/C23H21N3O6S2/c1-31-18-8-3-14(11-19(18)32-2)17-12-34-23(25-17)26-21(28)13-33-16-6-4-15(5-7-16)24-20(27)9-10-22(29)30/h3-12H,13H2,1-2H3,(H,24,27)(H,29,30)(H,25,26,28)/b10-9+. The van der Waals surface area contributed by atoms with Crippen molar-refractivity contribution in [2.24, 2.45) is 0 Å². The van der Waals surface area contributed by atoms with Crippen molar-refractivity contribution < 1.29 is 29.0 Å². The number of benzene rings is 2. The second-order valence-corrected chi connectivity index (χ2v) is 8.54. The molecule has 0 fully saturated rings. The summed E-state index contributed by atoms with van der Waals surface area (Å²) in [6, 6.07) is 12.3. The van der Waals surface area contributed by atoms with Crippen molar-refractivity contribution >= 4 is 51.7 Å². The number of hydrogen-bond donors (Lipinski definition) is 3. The molecule has 2 amide bonds. The van der Waals surface area contributed by atoms with E-state index in [2.05, 4.69) is 15.6 Å². The molecule has 1 aromatic heterocycles. The number of carboxylic acids is 1. The largest absolute Gasteiger partial charge is 0.493 e. The Bertz CT molecular complexity index is 1210. The number of aromatic nitrogens is 1. The molecule has 0 radical (unpaired) electrons. The summed E-state index contributed by atoms with van der Waals surface area (Å²) in [5, 5.41) is 16.2. The predicted molar refractivity (Wildman–Crippen MR) is 132 cm³/mol. The number of nitrogens with one attached hydrogen (secondary N) is 2. The van der Waals surface area contributed by atoms with Crippen molar-refractivity contribution in [2.75, 3.05) is 30.6 Å². The van der Waals surface area contributed by atoms with Crippen LogP contribution in [0.15, 0.2) is 64.9 Å². The Labute approximate surface area is 203 Å². The van der Waals surface area contributed by atoms with Gasteiger partial charge in [0.25, 0.3) is 0 Å². The molecular weight excluding hydrogens is 478 g/mol. The van der Waals surface area contributed by atoms with E-state index < -0.39 is 11.9 Å². The van der Waals surface area contributed by atoms with Gasteiger partial charge in [-0.3, -0.25) is 9.59 Å². The topological polar surface area (TPSA) is 127 Å². The molecule has 34 heavy (non-hydrogen) atoms. The first-order valence-electron chi connectivity index (χ1n) is 9.80. The van der Waals surface area contributed by atoms with Crippen LogP contribution in [0.4, 0.5) is 10.8 Å². The van der Waals surface area contributed by atoms with E-state index in [0.717, 1.165) is 22.6 Å². The Hall–Kier alpha value is -3.83. The van der Waals surface area contributed by atoms with Crippen molar-refractivity contribution in [3.8, 4) is 22.8 Å². The van der Waals surface area contributed by atoms with Gasteiger partial charge in [-0.05, 0) is 42.5 Å². The molecule has 0 aliphatic heterocycles. The summed E-state index contributed by atoms with van der Waals surface area (Å²) in [5.74, 6) is -0.546. The summed E-state index contributed by atoms with van der Waals surface area (Å²) in [7, 11) is 3.14. The summed E-state index contributed by atoms with van der Waals surface area (Å²) in [6.45, 7) is 0. The molecule has 0 spiro atoms. The minimum atomic E-state index is -1.20. The summed E-state index contributed by atoms with van der Waals surface area (Å²) < 4.78 is 10.6. The van der Waals surface area contributed by atoms with E-state index in [1.807, 2.05) is 17.5 Å². The minimum Gasteiger partial charge on any atom is -0.493 e. The van der Waals surface area contributed by atoms with Crippen LogP contribution in [0.1, 0.15) is 0 Å². The fourth-order valence-corrected chi connectivity index (χ4v) is 4.16. The van der Waals surface area contributed by atoms with Gasteiger partial charge in [-0.25, -0.2) is 9.78 Å². The Morgan fingerprint density at radius 2 is 1.76 bits per heavy atom. The maximum atomic E-state index is 12.3. The van der Waals surface area contributed by atoms with Gasteiger partial charge >= 0.3 is 5.97 Å². The number of carbonyl (C=O) groups excluding carboxylic acids is 2. The van der Waals surface area contributed by atoms with Crippen molar-refractivity contribution in [1.29, 1.82) is 0 Å². The van der Waals surface area contributed by atoms with Crippen LogP contribution in [0.5, 0.6) is 11.5 Å². The molecule has 3 rings (SSSR count). The number of amides is 2. The highest BCUT2D eigenvalue weighted by Crippen LogP contribution is 2.33. The molecule has 3 aromatic rings. The second-order valence-electron chi connectivity index (χ2n) is 6.63. The number of ether oxygens (including phenoxy) is 2. The van der Waals surface area contributed by atoms with Crippen LogP contribution < -0.4 is 20.1 Å². The molecule has 0 atom stereocenters. The fourth-order valence-electron chi connectivity index (χ4n) is 2.73. The molecule has 176 valence electrons. The van der Waals surface area contributed by atoms with Crippen LogP contribution in [0.25, 0.3) is 11.3 Å². The van der Waals surface area contributed by atoms with Crippen molar-refractivity contribution in [2.45, 2.75) is 4.90 Å². The number of anilines is 2. The lowest BCUT2D eigenvalue weighted by molar-refractivity contribution is -0.131. The zero-order chi connectivity index (χ0) is 24.5. The number of thiazole rings is 1. The molecule has 0 saturated heterocycles. The molecule has 0 unspecified atom stereocenters. The molecule has 0 bridgehead atoms. The van der Waals surface area contributed by atoms with E-state index in [0.29, 0.717) is 28.0 Å². The molecular formula is C23H21N3O6S2. The highest BCUT2D eigenvalue weighted by atomic mass is 32.2. The van der Waals surface area contributed by atoms with Crippen LogP contribution in [0, 0.1) is 0 Å². The van der Waals surface area contributed by atoms with Crippen LogP contribution >= 0.6 is 23.1 Å². The molecule has 11 heteroatoms. The lowest BCUT2D eigenvalue weighted by atomic mass is 10.1. The highest BCUT2D eigenvalue weighted by Gasteiger charge is 2.11. The molecule has 2 aromatic carbocycles. The number of aliphatic carboxylic acids is 1. The number of methoxy groups -OCH3 is 2. The smallest absolute Gasteiger partial charge is 0.328 e. The number of carbonyl (C=O) groups is 3. The molecule has 1 heterocycles. The first kappa shape index (κ1) is 24.8. The summed E-state index contributed by atoms with van der Waals surface area (Å²) in [5.41, 5.74) is 2.07. The van der Waals surface area contributed by atoms with Gasteiger partial charge in [-0.15, -0.1) is 23.1 Å². The Balaban J connectivity index is 1.51. The molecule has 0 saturated carbocycles. The number of rotatable bonds is 10. The number of carboxylic acid groups (broad SMARTS) is 1. The van der Waals surface area contributed by atoms with Gasteiger partial charge in [0.15, 0.2) is 16.6 Å². The fraction of sp³-hybridized carbons (Fsp3) is 0.130. The van der Waals surface area contributed by atoms with E-state index in [-0.39, 0.29) is 11.7 Å². The average molecular weight is 500 g/mol.